The smallest absolute Gasteiger partial charge is 0.282 e. The van der Waals surface area contributed by atoms with E-state index >= 15 is 0 Å². The Hall–Kier alpha value is -2.24. The van der Waals surface area contributed by atoms with E-state index in [0.717, 1.165) is 23.6 Å². The number of fused-ring (bicyclic) bond motifs is 1. The predicted octanol–water partition coefficient (Wildman–Crippen LogP) is 2.51. The molecule has 0 saturated carbocycles. The summed E-state index contributed by atoms with van der Waals surface area (Å²) in [7, 11) is 0. The van der Waals surface area contributed by atoms with Crippen LogP contribution in [0.25, 0.3) is 0 Å². The van der Waals surface area contributed by atoms with Crippen molar-refractivity contribution in [3.05, 3.63) is 53.3 Å². The molecule has 6 heteroatoms. The van der Waals surface area contributed by atoms with Gasteiger partial charge in [0.1, 0.15) is 0 Å². The molecule has 4 rings (SSSR count). The second-order valence-electron chi connectivity index (χ2n) is 5.95. The van der Waals surface area contributed by atoms with Gasteiger partial charge in [0.25, 0.3) is 11.8 Å². The first-order chi connectivity index (χ1) is 10.5. The third-order valence-electron chi connectivity index (χ3n) is 4.35. The van der Waals surface area contributed by atoms with E-state index in [-0.39, 0.29) is 11.6 Å². The fourth-order valence-electron chi connectivity index (χ4n) is 3.24. The first-order valence-electron chi connectivity index (χ1n) is 7.33. The minimum Gasteiger partial charge on any atom is -0.325 e. The van der Waals surface area contributed by atoms with E-state index in [2.05, 4.69) is 17.2 Å². The Balaban J connectivity index is 1.58. The molecule has 0 aliphatic carbocycles. The van der Waals surface area contributed by atoms with Gasteiger partial charge in [0, 0.05) is 18.2 Å². The highest BCUT2D eigenvalue weighted by Gasteiger charge is 2.47. The van der Waals surface area contributed by atoms with Gasteiger partial charge >= 0.3 is 0 Å². The maximum absolute atomic E-state index is 12.9. The third kappa shape index (κ3) is 2.10. The second kappa shape index (κ2) is 4.63. The van der Waals surface area contributed by atoms with Crippen molar-refractivity contribution in [2.24, 2.45) is 0 Å². The summed E-state index contributed by atoms with van der Waals surface area (Å²) in [6.45, 7) is -0.259. The summed E-state index contributed by atoms with van der Waals surface area (Å²) in [4.78, 5) is 13.3. The lowest BCUT2D eigenvalue weighted by Gasteiger charge is -2.38. The number of carbonyl (C=O) groups excluding carboxylic acids is 1. The number of likely N-dealkylation sites (tertiary alicyclic amines) is 1. The molecule has 22 heavy (non-hydrogen) atoms. The minimum absolute atomic E-state index is 0.216. The Morgan fingerprint density at radius 1 is 1.23 bits per heavy atom. The largest absolute Gasteiger partial charge is 0.325 e. The van der Waals surface area contributed by atoms with Crippen molar-refractivity contribution in [2.75, 3.05) is 13.1 Å². The number of hydrogen-bond donors (Lipinski definition) is 0. The zero-order chi connectivity index (χ0) is 15.3. The normalized spacial score (nSPS) is 22.3. The lowest BCUT2D eigenvalue weighted by atomic mass is 9.95. The highest BCUT2D eigenvalue weighted by Crippen LogP contribution is 2.35. The Labute approximate surface area is 126 Å². The fourth-order valence-corrected chi connectivity index (χ4v) is 3.24. The molecule has 0 spiro atoms. The van der Waals surface area contributed by atoms with Gasteiger partial charge in [0.05, 0.1) is 13.1 Å². The van der Waals surface area contributed by atoms with E-state index in [4.69, 9.17) is 0 Å². The Kier molecular flexibility index (Phi) is 2.82. The standard InChI is InChI=1S/C16H15F2N3O/c17-16(18)9-20(10-16)15(22)13-8-14-12(6-7-21(14)19-13)11-4-2-1-3-5-11/h1-5,8,12H,6-7,9-10H2/t12-/m1/s1. The van der Waals surface area contributed by atoms with Gasteiger partial charge in [0.15, 0.2) is 5.69 Å². The summed E-state index contributed by atoms with van der Waals surface area (Å²) in [5.74, 6) is -2.93. The highest BCUT2D eigenvalue weighted by molar-refractivity contribution is 5.93. The molecule has 0 bridgehead atoms. The van der Waals surface area contributed by atoms with Crippen molar-refractivity contribution in [1.82, 2.24) is 14.7 Å². The van der Waals surface area contributed by atoms with Crippen LogP contribution in [-0.4, -0.2) is 39.6 Å². The number of hydrogen-bond acceptors (Lipinski definition) is 2. The molecule has 4 nitrogen and oxygen atoms in total. The molecule has 2 aliphatic rings. The van der Waals surface area contributed by atoms with Crippen molar-refractivity contribution in [2.45, 2.75) is 24.8 Å². The van der Waals surface area contributed by atoms with Crippen LogP contribution in [0.3, 0.4) is 0 Å². The van der Waals surface area contributed by atoms with E-state index in [1.807, 2.05) is 22.9 Å². The SMILES string of the molecule is O=C(c1cc2n(n1)CC[C@@H]2c1ccccc1)N1CC(F)(F)C1. The van der Waals surface area contributed by atoms with Crippen LogP contribution in [-0.2, 0) is 6.54 Å². The zero-order valence-corrected chi connectivity index (χ0v) is 11.9. The molecule has 1 saturated heterocycles. The van der Waals surface area contributed by atoms with Crippen LogP contribution < -0.4 is 0 Å². The number of alkyl halides is 2. The quantitative estimate of drug-likeness (QED) is 0.855. The molecule has 1 aromatic carbocycles. The maximum atomic E-state index is 12.9. The number of nitrogens with zero attached hydrogens (tertiary/aromatic N) is 3. The molecule has 0 N–H and O–H groups in total. The maximum Gasteiger partial charge on any atom is 0.282 e. The lowest BCUT2D eigenvalue weighted by Crippen LogP contribution is -2.58. The molecule has 1 atom stereocenters. The number of benzene rings is 1. The Morgan fingerprint density at radius 2 is 1.95 bits per heavy atom. The van der Waals surface area contributed by atoms with E-state index in [1.165, 1.54) is 5.56 Å². The molecule has 1 aromatic heterocycles. The lowest BCUT2D eigenvalue weighted by molar-refractivity contribution is -0.113. The third-order valence-corrected chi connectivity index (χ3v) is 4.35. The fraction of sp³-hybridized carbons (Fsp3) is 0.375. The average molecular weight is 303 g/mol. The summed E-state index contributed by atoms with van der Waals surface area (Å²) >= 11 is 0. The monoisotopic (exact) mass is 303 g/mol. The molecule has 0 radical (unpaired) electrons. The van der Waals surface area contributed by atoms with Crippen LogP contribution in [0.4, 0.5) is 8.78 Å². The molecule has 1 fully saturated rings. The van der Waals surface area contributed by atoms with Crippen molar-refractivity contribution in [1.29, 1.82) is 0 Å². The second-order valence-corrected chi connectivity index (χ2v) is 5.95. The van der Waals surface area contributed by atoms with Crippen molar-refractivity contribution in [3.63, 3.8) is 0 Å². The summed E-state index contributed by atoms with van der Waals surface area (Å²) < 4.78 is 27.6. The number of halogens is 2. The molecule has 3 heterocycles. The molecular weight excluding hydrogens is 288 g/mol. The topological polar surface area (TPSA) is 38.1 Å². The number of aryl methyl sites for hydroxylation is 1. The average Bonchev–Trinajstić information content (AvgIpc) is 3.04. The first-order valence-corrected chi connectivity index (χ1v) is 7.33. The molecular formula is C16H15F2N3O. The van der Waals surface area contributed by atoms with Crippen LogP contribution in [0, 0.1) is 0 Å². The van der Waals surface area contributed by atoms with E-state index in [0.29, 0.717) is 0 Å². The van der Waals surface area contributed by atoms with Gasteiger partial charge in [-0.15, -0.1) is 0 Å². The van der Waals surface area contributed by atoms with E-state index in [1.54, 1.807) is 6.07 Å². The molecule has 2 aliphatic heterocycles. The molecule has 1 amide bonds. The van der Waals surface area contributed by atoms with Crippen LogP contribution in [0.2, 0.25) is 0 Å². The van der Waals surface area contributed by atoms with Crippen molar-refractivity contribution >= 4 is 5.91 Å². The van der Waals surface area contributed by atoms with Crippen molar-refractivity contribution in [3.8, 4) is 0 Å². The van der Waals surface area contributed by atoms with Crippen LogP contribution in [0.1, 0.15) is 34.1 Å². The van der Waals surface area contributed by atoms with Crippen LogP contribution >= 0.6 is 0 Å². The number of amides is 1. The zero-order valence-electron chi connectivity index (χ0n) is 11.9. The van der Waals surface area contributed by atoms with Gasteiger partial charge in [-0.05, 0) is 18.1 Å². The van der Waals surface area contributed by atoms with E-state index in [9.17, 15) is 13.6 Å². The van der Waals surface area contributed by atoms with Crippen LogP contribution in [0.15, 0.2) is 36.4 Å². The summed E-state index contributed by atoms with van der Waals surface area (Å²) in [5, 5.41) is 4.30. The summed E-state index contributed by atoms with van der Waals surface area (Å²) in [5.41, 5.74) is 2.45. The summed E-state index contributed by atoms with van der Waals surface area (Å²) in [6, 6.07) is 11.8. The minimum atomic E-state index is -2.75. The molecule has 0 unspecified atom stereocenters. The highest BCUT2D eigenvalue weighted by atomic mass is 19.3. The van der Waals surface area contributed by atoms with Gasteiger partial charge in [-0.2, -0.15) is 5.10 Å². The molecule has 114 valence electrons. The van der Waals surface area contributed by atoms with Crippen molar-refractivity contribution < 1.29 is 13.6 Å². The van der Waals surface area contributed by atoms with Gasteiger partial charge in [-0.3, -0.25) is 9.48 Å². The van der Waals surface area contributed by atoms with Crippen LogP contribution in [0.5, 0.6) is 0 Å². The number of aromatic nitrogens is 2. The van der Waals surface area contributed by atoms with Gasteiger partial charge < -0.3 is 4.90 Å². The first kappa shape index (κ1) is 13.4. The van der Waals surface area contributed by atoms with Gasteiger partial charge in [0.2, 0.25) is 0 Å². The molecule has 2 aromatic rings. The summed E-state index contributed by atoms with van der Waals surface area (Å²) in [6.07, 6.45) is 0.947. The van der Waals surface area contributed by atoms with E-state index < -0.39 is 24.9 Å². The Bertz CT molecular complexity index is 718. The Morgan fingerprint density at radius 3 is 2.64 bits per heavy atom. The number of carbonyl (C=O) groups is 1. The predicted molar refractivity (Wildman–Crippen MR) is 76.0 cm³/mol. The van der Waals surface area contributed by atoms with Gasteiger partial charge in [-0.25, -0.2) is 8.78 Å². The number of rotatable bonds is 2. The van der Waals surface area contributed by atoms with Gasteiger partial charge in [-0.1, -0.05) is 30.3 Å².